The van der Waals surface area contributed by atoms with Crippen LogP contribution in [0.2, 0.25) is 0 Å². The SMILES string of the molecule is Cc1cc(C(=N)N)cc(Oc2cc(Br)ccc2C)n1. The molecule has 0 spiro atoms. The molecule has 0 aliphatic carbocycles. The minimum Gasteiger partial charge on any atom is -0.439 e. The molecule has 3 N–H and O–H groups in total. The molecule has 0 fully saturated rings. The maximum Gasteiger partial charge on any atom is 0.220 e. The Hall–Kier alpha value is -1.88. The van der Waals surface area contributed by atoms with Crippen LogP contribution in [-0.4, -0.2) is 10.8 Å². The predicted octanol–water partition coefficient (Wildman–Crippen LogP) is 3.54. The number of nitrogen functional groups attached to an aromatic ring is 1. The number of aryl methyl sites for hydroxylation is 2. The molecule has 1 aromatic heterocycles. The second-order valence-corrected chi connectivity index (χ2v) is 5.18. The van der Waals surface area contributed by atoms with Gasteiger partial charge in [-0.3, -0.25) is 5.41 Å². The molecular formula is C14H14BrN3O. The number of benzene rings is 1. The molecule has 0 bridgehead atoms. The van der Waals surface area contributed by atoms with Crippen molar-refractivity contribution in [1.82, 2.24) is 4.98 Å². The fourth-order valence-electron chi connectivity index (χ4n) is 1.64. The van der Waals surface area contributed by atoms with E-state index in [1.807, 2.05) is 32.0 Å². The van der Waals surface area contributed by atoms with Gasteiger partial charge in [-0.1, -0.05) is 22.0 Å². The second-order valence-electron chi connectivity index (χ2n) is 4.26. The van der Waals surface area contributed by atoms with Gasteiger partial charge in [0, 0.05) is 21.8 Å². The number of pyridine rings is 1. The zero-order valence-electron chi connectivity index (χ0n) is 10.7. The molecule has 0 saturated carbocycles. The molecule has 2 aromatic rings. The van der Waals surface area contributed by atoms with Crippen LogP contribution in [0.1, 0.15) is 16.8 Å². The van der Waals surface area contributed by atoms with Crippen LogP contribution in [0.4, 0.5) is 0 Å². The molecule has 0 radical (unpaired) electrons. The molecule has 4 nitrogen and oxygen atoms in total. The van der Waals surface area contributed by atoms with Crippen molar-refractivity contribution in [3.05, 3.63) is 51.6 Å². The van der Waals surface area contributed by atoms with Crippen LogP contribution in [0.25, 0.3) is 0 Å². The van der Waals surface area contributed by atoms with Crippen molar-refractivity contribution in [2.75, 3.05) is 0 Å². The Balaban J connectivity index is 2.38. The number of amidine groups is 1. The van der Waals surface area contributed by atoms with Crippen LogP contribution in [-0.2, 0) is 0 Å². The van der Waals surface area contributed by atoms with Gasteiger partial charge in [-0.25, -0.2) is 4.98 Å². The maximum absolute atomic E-state index is 7.47. The number of hydrogen-bond acceptors (Lipinski definition) is 3. The number of hydrogen-bond donors (Lipinski definition) is 2. The Bertz CT molecular complexity index is 641. The maximum atomic E-state index is 7.47. The van der Waals surface area contributed by atoms with Crippen LogP contribution in [0.3, 0.4) is 0 Å². The Morgan fingerprint density at radius 1 is 1.26 bits per heavy atom. The molecule has 0 aliphatic heterocycles. The average molecular weight is 320 g/mol. The van der Waals surface area contributed by atoms with Gasteiger partial charge >= 0.3 is 0 Å². The summed E-state index contributed by atoms with van der Waals surface area (Å²) < 4.78 is 6.71. The van der Waals surface area contributed by atoms with Crippen LogP contribution in [0, 0.1) is 19.3 Å². The summed E-state index contributed by atoms with van der Waals surface area (Å²) in [5, 5.41) is 7.47. The number of nitrogens with zero attached hydrogens (tertiary/aromatic N) is 1. The average Bonchev–Trinajstić information content (AvgIpc) is 2.33. The molecule has 2 rings (SSSR count). The lowest BCUT2D eigenvalue weighted by Crippen LogP contribution is -2.11. The largest absolute Gasteiger partial charge is 0.439 e. The van der Waals surface area contributed by atoms with Gasteiger partial charge in [0.15, 0.2) is 0 Å². The van der Waals surface area contributed by atoms with Crippen molar-refractivity contribution >= 4 is 21.8 Å². The van der Waals surface area contributed by atoms with Crippen LogP contribution in [0.15, 0.2) is 34.8 Å². The summed E-state index contributed by atoms with van der Waals surface area (Å²) in [4.78, 5) is 4.29. The Kier molecular flexibility index (Phi) is 3.85. The van der Waals surface area contributed by atoms with E-state index in [0.29, 0.717) is 11.4 Å². The summed E-state index contributed by atoms with van der Waals surface area (Å²) in [6, 6.07) is 9.21. The van der Waals surface area contributed by atoms with E-state index in [1.54, 1.807) is 12.1 Å². The summed E-state index contributed by atoms with van der Waals surface area (Å²) in [5.74, 6) is 1.16. The lowest BCUT2D eigenvalue weighted by molar-refractivity contribution is 0.458. The summed E-state index contributed by atoms with van der Waals surface area (Å²) in [7, 11) is 0. The van der Waals surface area contributed by atoms with Gasteiger partial charge in [0.05, 0.1) is 0 Å². The summed E-state index contributed by atoms with van der Waals surface area (Å²) in [6.45, 7) is 3.80. The third-order valence-electron chi connectivity index (χ3n) is 2.61. The Morgan fingerprint density at radius 2 is 2.00 bits per heavy atom. The molecule has 0 atom stereocenters. The first kappa shape index (κ1) is 13.5. The van der Waals surface area contributed by atoms with Crippen molar-refractivity contribution in [2.24, 2.45) is 5.73 Å². The molecule has 1 heterocycles. The van der Waals surface area contributed by atoms with Gasteiger partial charge in [-0.05, 0) is 37.6 Å². The summed E-state index contributed by atoms with van der Waals surface area (Å²) in [5.41, 5.74) is 7.87. The fraction of sp³-hybridized carbons (Fsp3) is 0.143. The molecule has 5 heteroatoms. The molecule has 0 amide bonds. The van der Waals surface area contributed by atoms with Crippen molar-refractivity contribution in [2.45, 2.75) is 13.8 Å². The van der Waals surface area contributed by atoms with Crippen molar-refractivity contribution in [1.29, 1.82) is 5.41 Å². The molecule has 0 aliphatic rings. The van der Waals surface area contributed by atoms with E-state index in [9.17, 15) is 0 Å². The smallest absolute Gasteiger partial charge is 0.220 e. The zero-order chi connectivity index (χ0) is 14.0. The van der Waals surface area contributed by atoms with Gasteiger partial charge in [0.25, 0.3) is 0 Å². The lowest BCUT2D eigenvalue weighted by Gasteiger charge is -2.10. The first-order valence-electron chi connectivity index (χ1n) is 5.73. The van der Waals surface area contributed by atoms with E-state index in [4.69, 9.17) is 15.9 Å². The Morgan fingerprint density at radius 3 is 2.68 bits per heavy atom. The number of nitrogens with one attached hydrogen (secondary N) is 1. The third kappa shape index (κ3) is 3.32. The van der Waals surface area contributed by atoms with Gasteiger partial charge in [0.1, 0.15) is 11.6 Å². The van der Waals surface area contributed by atoms with Gasteiger partial charge in [0.2, 0.25) is 5.88 Å². The van der Waals surface area contributed by atoms with Crippen molar-refractivity contribution in [3.8, 4) is 11.6 Å². The molecule has 98 valence electrons. The highest BCUT2D eigenvalue weighted by atomic mass is 79.9. The van der Waals surface area contributed by atoms with Gasteiger partial charge in [-0.2, -0.15) is 0 Å². The summed E-state index contributed by atoms with van der Waals surface area (Å²) >= 11 is 3.41. The highest BCUT2D eigenvalue weighted by molar-refractivity contribution is 9.10. The molecule has 1 aromatic carbocycles. The van der Waals surface area contributed by atoms with Crippen LogP contribution < -0.4 is 10.5 Å². The van der Waals surface area contributed by atoms with Crippen LogP contribution in [0.5, 0.6) is 11.6 Å². The summed E-state index contributed by atoms with van der Waals surface area (Å²) in [6.07, 6.45) is 0. The molecule has 0 unspecified atom stereocenters. The normalized spacial score (nSPS) is 10.3. The number of nitrogens with two attached hydrogens (primary N) is 1. The lowest BCUT2D eigenvalue weighted by atomic mass is 10.2. The van der Waals surface area contributed by atoms with E-state index >= 15 is 0 Å². The monoisotopic (exact) mass is 319 g/mol. The van der Waals surface area contributed by atoms with Gasteiger partial charge < -0.3 is 10.5 Å². The number of ether oxygens (including phenoxy) is 1. The minimum absolute atomic E-state index is 0.00122. The van der Waals surface area contributed by atoms with Crippen molar-refractivity contribution in [3.63, 3.8) is 0 Å². The van der Waals surface area contributed by atoms with Crippen LogP contribution >= 0.6 is 15.9 Å². The van der Waals surface area contributed by atoms with E-state index in [1.165, 1.54) is 0 Å². The van der Waals surface area contributed by atoms with E-state index in [-0.39, 0.29) is 5.84 Å². The first-order chi connectivity index (χ1) is 8.95. The Labute approximate surface area is 120 Å². The molecule has 0 saturated heterocycles. The highest BCUT2D eigenvalue weighted by Crippen LogP contribution is 2.27. The second kappa shape index (κ2) is 5.40. The number of rotatable bonds is 3. The third-order valence-corrected chi connectivity index (χ3v) is 3.10. The van der Waals surface area contributed by atoms with E-state index in [2.05, 4.69) is 20.9 Å². The number of aromatic nitrogens is 1. The quantitative estimate of drug-likeness (QED) is 0.671. The first-order valence-corrected chi connectivity index (χ1v) is 6.52. The fourth-order valence-corrected chi connectivity index (χ4v) is 1.98. The minimum atomic E-state index is 0.00122. The number of halogens is 1. The van der Waals surface area contributed by atoms with Crippen molar-refractivity contribution < 1.29 is 4.74 Å². The topological polar surface area (TPSA) is 72.0 Å². The van der Waals surface area contributed by atoms with E-state index < -0.39 is 0 Å². The van der Waals surface area contributed by atoms with Gasteiger partial charge in [-0.15, -0.1) is 0 Å². The zero-order valence-corrected chi connectivity index (χ0v) is 12.3. The standard InChI is InChI=1S/C14H14BrN3O/c1-8-3-4-11(15)7-12(8)19-13-6-10(14(16)17)5-9(2)18-13/h3-7H,1-2H3,(H3,16,17). The highest BCUT2D eigenvalue weighted by Gasteiger charge is 2.07. The predicted molar refractivity (Wildman–Crippen MR) is 78.9 cm³/mol. The van der Waals surface area contributed by atoms with E-state index in [0.717, 1.165) is 21.5 Å². The molecular weight excluding hydrogens is 306 g/mol. The molecule has 19 heavy (non-hydrogen) atoms.